The van der Waals surface area contributed by atoms with Gasteiger partial charge in [-0.1, -0.05) is 24.1 Å². The lowest BCUT2D eigenvalue weighted by atomic mass is 10.1. The normalized spacial score (nSPS) is 12.9. The van der Waals surface area contributed by atoms with E-state index in [0.29, 0.717) is 6.04 Å². The smallest absolute Gasteiger partial charge is 0.0598 e. The molecule has 1 nitrogen and oxygen atoms in total. The average molecular weight is 205 g/mol. The molecule has 0 radical (unpaired) electrons. The van der Waals surface area contributed by atoms with Gasteiger partial charge in [-0.2, -0.15) is 0 Å². The third-order valence-corrected chi connectivity index (χ3v) is 2.55. The van der Waals surface area contributed by atoms with Crippen molar-refractivity contribution in [3.8, 4) is 12.3 Å². The van der Waals surface area contributed by atoms with Crippen molar-refractivity contribution < 1.29 is 0 Å². The standard InChI is InChI=1S/C14H23N/c1-5-7-8-9-10-11-12-14(3)15(4)13-6-2/h2,5,9-10,14H,1,7-8,11-13H2,3-4H3/b10-9-. The zero-order valence-electron chi connectivity index (χ0n) is 10.1. The van der Waals surface area contributed by atoms with Gasteiger partial charge in [0.05, 0.1) is 6.54 Å². The molecule has 1 heteroatoms. The lowest BCUT2D eigenvalue weighted by Crippen LogP contribution is -2.29. The fourth-order valence-corrected chi connectivity index (χ4v) is 1.31. The van der Waals surface area contributed by atoms with Gasteiger partial charge in [-0.15, -0.1) is 13.0 Å². The molecule has 0 aliphatic carbocycles. The fourth-order valence-electron chi connectivity index (χ4n) is 1.31. The lowest BCUT2D eigenvalue weighted by molar-refractivity contribution is 0.276. The first-order chi connectivity index (χ1) is 7.22. The van der Waals surface area contributed by atoms with Crippen LogP contribution in [-0.4, -0.2) is 24.5 Å². The Kier molecular flexibility index (Phi) is 8.91. The Bertz CT molecular complexity index is 222. The quantitative estimate of drug-likeness (QED) is 0.334. The predicted molar refractivity (Wildman–Crippen MR) is 68.7 cm³/mol. The molecule has 1 unspecified atom stereocenters. The van der Waals surface area contributed by atoms with Crippen molar-refractivity contribution in [2.45, 2.75) is 38.6 Å². The van der Waals surface area contributed by atoms with Crippen molar-refractivity contribution in [1.29, 1.82) is 0 Å². The van der Waals surface area contributed by atoms with Gasteiger partial charge >= 0.3 is 0 Å². The number of allylic oxidation sites excluding steroid dienone is 3. The first-order valence-corrected chi connectivity index (χ1v) is 5.62. The predicted octanol–water partition coefficient (Wildman–Crippen LogP) is 3.24. The first-order valence-electron chi connectivity index (χ1n) is 5.62. The maximum absolute atomic E-state index is 5.26. The van der Waals surface area contributed by atoms with E-state index in [1.165, 1.54) is 6.42 Å². The van der Waals surface area contributed by atoms with E-state index in [2.05, 4.69) is 43.5 Å². The number of hydrogen-bond acceptors (Lipinski definition) is 1. The second-order valence-electron chi connectivity index (χ2n) is 3.88. The summed E-state index contributed by atoms with van der Waals surface area (Å²) in [5.41, 5.74) is 0. The van der Waals surface area contributed by atoms with E-state index >= 15 is 0 Å². The summed E-state index contributed by atoms with van der Waals surface area (Å²) in [6.45, 7) is 6.65. The molecule has 0 N–H and O–H groups in total. The minimum Gasteiger partial charge on any atom is -0.293 e. The van der Waals surface area contributed by atoms with Crippen molar-refractivity contribution in [2.24, 2.45) is 0 Å². The van der Waals surface area contributed by atoms with Crippen LogP contribution in [0.1, 0.15) is 32.6 Å². The molecule has 0 amide bonds. The number of hydrogen-bond donors (Lipinski definition) is 0. The highest BCUT2D eigenvalue weighted by Gasteiger charge is 2.05. The zero-order chi connectivity index (χ0) is 11.5. The highest BCUT2D eigenvalue weighted by atomic mass is 15.1. The highest BCUT2D eigenvalue weighted by Crippen LogP contribution is 2.05. The van der Waals surface area contributed by atoms with Crippen molar-refractivity contribution in [2.75, 3.05) is 13.6 Å². The van der Waals surface area contributed by atoms with Gasteiger partial charge in [0.25, 0.3) is 0 Å². The molecule has 0 aromatic heterocycles. The van der Waals surface area contributed by atoms with Crippen molar-refractivity contribution in [1.82, 2.24) is 4.90 Å². The molecule has 1 atom stereocenters. The van der Waals surface area contributed by atoms with Crippen LogP contribution in [0.3, 0.4) is 0 Å². The Morgan fingerprint density at radius 2 is 2.00 bits per heavy atom. The first kappa shape index (κ1) is 14.0. The Balaban J connectivity index is 3.54. The van der Waals surface area contributed by atoms with Crippen LogP contribution in [0.4, 0.5) is 0 Å². The van der Waals surface area contributed by atoms with Crippen LogP contribution >= 0.6 is 0 Å². The van der Waals surface area contributed by atoms with Gasteiger partial charge in [0, 0.05) is 6.04 Å². The van der Waals surface area contributed by atoms with Crippen LogP contribution in [0.2, 0.25) is 0 Å². The summed E-state index contributed by atoms with van der Waals surface area (Å²) >= 11 is 0. The fraction of sp³-hybridized carbons (Fsp3) is 0.571. The topological polar surface area (TPSA) is 3.24 Å². The van der Waals surface area contributed by atoms with Gasteiger partial charge in [0.1, 0.15) is 0 Å². The minimum absolute atomic E-state index is 0.560. The molecule has 0 saturated heterocycles. The molecule has 15 heavy (non-hydrogen) atoms. The van der Waals surface area contributed by atoms with Crippen LogP contribution in [-0.2, 0) is 0 Å². The summed E-state index contributed by atoms with van der Waals surface area (Å²) in [5, 5.41) is 0. The van der Waals surface area contributed by atoms with Crippen LogP contribution in [0, 0.1) is 12.3 Å². The lowest BCUT2D eigenvalue weighted by Gasteiger charge is -2.21. The van der Waals surface area contributed by atoms with Gasteiger partial charge in [-0.05, 0) is 39.7 Å². The molecule has 0 bridgehead atoms. The molecule has 0 spiro atoms. The molecular weight excluding hydrogens is 182 g/mol. The maximum atomic E-state index is 5.26. The number of nitrogens with zero attached hydrogens (tertiary/aromatic N) is 1. The Morgan fingerprint density at radius 3 is 2.60 bits per heavy atom. The van der Waals surface area contributed by atoms with Gasteiger partial charge in [-0.3, -0.25) is 4.90 Å². The molecule has 0 aromatic rings. The molecule has 0 heterocycles. The van der Waals surface area contributed by atoms with E-state index in [9.17, 15) is 0 Å². The van der Waals surface area contributed by atoms with Gasteiger partial charge < -0.3 is 0 Å². The van der Waals surface area contributed by atoms with Crippen LogP contribution < -0.4 is 0 Å². The Labute approximate surface area is 94.9 Å². The average Bonchev–Trinajstić information content (AvgIpc) is 2.23. The molecule has 0 aliphatic heterocycles. The summed E-state index contributed by atoms with van der Waals surface area (Å²) in [7, 11) is 2.08. The zero-order valence-corrected chi connectivity index (χ0v) is 10.1. The summed E-state index contributed by atoms with van der Waals surface area (Å²) in [6, 6.07) is 0.560. The third-order valence-electron chi connectivity index (χ3n) is 2.55. The maximum Gasteiger partial charge on any atom is 0.0598 e. The highest BCUT2D eigenvalue weighted by molar-refractivity contribution is 4.89. The SMILES string of the molecule is C#CCN(C)C(C)CC/C=C\CCC=C. The molecule has 84 valence electrons. The van der Waals surface area contributed by atoms with E-state index in [1.54, 1.807) is 0 Å². The molecule has 0 saturated carbocycles. The van der Waals surface area contributed by atoms with E-state index in [1.807, 2.05) is 6.08 Å². The number of terminal acetylenes is 1. The van der Waals surface area contributed by atoms with Crippen LogP contribution in [0.25, 0.3) is 0 Å². The molecule has 0 rings (SSSR count). The molecular formula is C14H23N. The largest absolute Gasteiger partial charge is 0.293 e. The third kappa shape index (κ3) is 8.03. The molecule has 0 fully saturated rings. The van der Waals surface area contributed by atoms with Gasteiger partial charge in [0.15, 0.2) is 0 Å². The summed E-state index contributed by atoms with van der Waals surface area (Å²) in [5.74, 6) is 2.66. The summed E-state index contributed by atoms with van der Waals surface area (Å²) < 4.78 is 0. The second kappa shape index (κ2) is 9.55. The molecule has 0 aromatic carbocycles. The Morgan fingerprint density at radius 1 is 1.33 bits per heavy atom. The van der Waals surface area contributed by atoms with Crippen molar-refractivity contribution in [3.05, 3.63) is 24.8 Å². The van der Waals surface area contributed by atoms with E-state index in [0.717, 1.165) is 25.8 Å². The van der Waals surface area contributed by atoms with Gasteiger partial charge in [0.2, 0.25) is 0 Å². The van der Waals surface area contributed by atoms with Crippen molar-refractivity contribution >= 4 is 0 Å². The molecule has 0 aliphatic rings. The monoisotopic (exact) mass is 205 g/mol. The minimum atomic E-state index is 0.560. The second-order valence-corrected chi connectivity index (χ2v) is 3.88. The van der Waals surface area contributed by atoms with Crippen LogP contribution in [0.15, 0.2) is 24.8 Å². The number of unbranched alkanes of at least 4 members (excludes halogenated alkanes) is 1. The van der Waals surface area contributed by atoms with Crippen molar-refractivity contribution in [3.63, 3.8) is 0 Å². The van der Waals surface area contributed by atoms with Crippen LogP contribution in [0.5, 0.6) is 0 Å². The van der Waals surface area contributed by atoms with Gasteiger partial charge in [-0.25, -0.2) is 0 Å². The Hall–Kier alpha value is -1.00. The number of rotatable bonds is 8. The summed E-state index contributed by atoms with van der Waals surface area (Å²) in [4.78, 5) is 2.21. The van der Waals surface area contributed by atoms with E-state index < -0.39 is 0 Å². The van der Waals surface area contributed by atoms with E-state index in [4.69, 9.17) is 6.42 Å². The van der Waals surface area contributed by atoms with E-state index in [-0.39, 0.29) is 0 Å². The summed E-state index contributed by atoms with van der Waals surface area (Å²) in [6.07, 6.45) is 16.2.